The molecule has 184 valence electrons. The maximum atomic E-state index is 13.2. The summed E-state index contributed by atoms with van der Waals surface area (Å²) in [6, 6.07) is 4.51. The van der Waals surface area contributed by atoms with Gasteiger partial charge in [0, 0.05) is 26.1 Å². The highest BCUT2D eigenvalue weighted by molar-refractivity contribution is 7.89. The molecule has 1 aliphatic rings. The number of ether oxygens (including phenoxy) is 1. The van der Waals surface area contributed by atoms with Crippen molar-refractivity contribution >= 4 is 15.7 Å². The second-order valence-electron chi connectivity index (χ2n) is 8.43. The fourth-order valence-electron chi connectivity index (χ4n) is 4.26. The molecule has 0 amide bonds. The molecule has 34 heavy (non-hydrogen) atoms. The van der Waals surface area contributed by atoms with Gasteiger partial charge in [-0.15, -0.1) is 15.3 Å². The number of nitrogens with zero attached hydrogens (tertiary/aromatic N) is 5. The van der Waals surface area contributed by atoms with E-state index in [0.717, 1.165) is 25.7 Å². The number of unbranched alkanes of at least 4 members (excludes halogenated alkanes) is 1. The zero-order valence-electron chi connectivity index (χ0n) is 19.4. The fraction of sp³-hybridized carbons (Fsp3) is 0.545. The molecule has 2 aromatic heterocycles. The molecule has 1 aromatic carbocycles. The van der Waals surface area contributed by atoms with Crippen LogP contribution in [0.5, 0.6) is 5.75 Å². The first-order chi connectivity index (χ1) is 16.4. The molecule has 1 fully saturated rings. The van der Waals surface area contributed by atoms with Gasteiger partial charge in [0.2, 0.25) is 15.7 Å². The zero-order valence-corrected chi connectivity index (χ0v) is 20.2. The number of nitrogens with one attached hydrogen (secondary N) is 1. The van der Waals surface area contributed by atoms with Crippen LogP contribution >= 0.6 is 0 Å². The Balaban J connectivity index is 1.80. The van der Waals surface area contributed by atoms with Crippen LogP contribution in [0.4, 0.5) is 0 Å². The molecule has 1 aliphatic carbocycles. The highest BCUT2D eigenvalue weighted by Crippen LogP contribution is 2.34. The topological polar surface area (TPSA) is 143 Å². The van der Waals surface area contributed by atoms with E-state index in [1.54, 1.807) is 6.07 Å². The summed E-state index contributed by atoms with van der Waals surface area (Å²) in [5, 5.41) is 21.8. The van der Waals surface area contributed by atoms with E-state index >= 15 is 0 Å². The molecule has 2 heterocycles. The lowest BCUT2D eigenvalue weighted by Crippen LogP contribution is -2.28. The highest BCUT2D eigenvalue weighted by Gasteiger charge is 2.26. The number of aliphatic hydroxyl groups excluding tert-OH is 1. The van der Waals surface area contributed by atoms with Crippen LogP contribution in [0.1, 0.15) is 57.2 Å². The molecule has 2 N–H and O–H groups in total. The smallest absolute Gasteiger partial charge is 0.296 e. The maximum Gasteiger partial charge on any atom is 0.296 e. The van der Waals surface area contributed by atoms with Gasteiger partial charge in [0.1, 0.15) is 5.75 Å². The second kappa shape index (κ2) is 10.2. The summed E-state index contributed by atoms with van der Waals surface area (Å²) in [7, 11) is -2.30. The molecule has 0 radical (unpaired) electrons. The number of benzene rings is 1. The third-order valence-electron chi connectivity index (χ3n) is 6.12. The number of rotatable bonds is 10. The molecule has 4 rings (SSSR count). The molecule has 0 aliphatic heterocycles. The largest absolute Gasteiger partial charge is 0.493 e. The summed E-state index contributed by atoms with van der Waals surface area (Å²) in [5.74, 6) is 1.41. The SMILES string of the molecule is CCOc1ccc(S(=O)(=O)N(C)CCCCO)cc1-c1nn2c(C3CCCC3)nnc2c(=O)[nH]1. The Morgan fingerprint density at radius 1 is 1.24 bits per heavy atom. The quantitative estimate of drug-likeness (QED) is 0.411. The number of H-pyrrole nitrogens is 1. The molecular formula is C22H30N6O5S. The predicted molar refractivity (Wildman–Crippen MR) is 125 cm³/mol. The Hall–Kier alpha value is -2.83. The summed E-state index contributed by atoms with van der Waals surface area (Å²) >= 11 is 0. The molecule has 0 bridgehead atoms. The van der Waals surface area contributed by atoms with E-state index in [1.807, 2.05) is 6.92 Å². The van der Waals surface area contributed by atoms with Gasteiger partial charge in [-0.25, -0.2) is 12.7 Å². The Labute approximate surface area is 197 Å². The van der Waals surface area contributed by atoms with Gasteiger partial charge in [-0.1, -0.05) is 12.8 Å². The van der Waals surface area contributed by atoms with Crippen molar-refractivity contribution in [2.45, 2.75) is 56.3 Å². The number of aromatic amines is 1. The summed E-state index contributed by atoms with van der Waals surface area (Å²) in [4.78, 5) is 15.6. The highest BCUT2D eigenvalue weighted by atomic mass is 32.2. The molecule has 12 heteroatoms. The summed E-state index contributed by atoms with van der Waals surface area (Å²) < 4.78 is 34.7. The van der Waals surface area contributed by atoms with E-state index in [1.165, 1.54) is 28.0 Å². The fourth-order valence-corrected chi connectivity index (χ4v) is 5.50. The molecular weight excluding hydrogens is 460 g/mol. The van der Waals surface area contributed by atoms with Crippen LogP contribution in [0, 0.1) is 0 Å². The van der Waals surface area contributed by atoms with Gasteiger partial charge in [-0.05, 0) is 50.8 Å². The summed E-state index contributed by atoms with van der Waals surface area (Å²) in [6.45, 7) is 2.46. The lowest BCUT2D eigenvalue weighted by molar-refractivity contribution is 0.279. The van der Waals surface area contributed by atoms with E-state index in [4.69, 9.17) is 9.84 Å². The Morgan fingerprint density at radius 2 is 2.00 bits per heavy atom. The monoisotopic (exact) mass is 490 g/mol. The molecule has 0 atom stereocenters. The zero-order chi connectivity index (χ0) is 24.3. The average molecular weight is 491 g/mol. The third kappa shape index (κ3) is 4.70. The van der Waals surface area contributed by atoms with Crippen molar-refractivity contribution in [1.82, 2.24) is 29.1 Å². The number of aromatic nitrogens is 5. The first-order valence-corrected chi connectivity index (χ1v) is 13.0. The Morgan fingerprint density at radius 3 is 2.71 bits per heavy atom. The molecule has 11 nitrogen and oxygen atoms in total. The lowest BCUT2D eigenvalue weighted by Gasteiger charge is -2.18. The minimum atomic E-state index is -3.80. The number of fused-ring (bicyclic) bond motifs is 1. The Bertz CT molecular complexity index is 1310. The van der Waals surface area contributed by atoms with Gasteiger partial charge in [0.25, 0.3) is 5.56 Å². The normalized spacial score (nSPS) is 14.9. The van der Waals surface area contributed by atoms with E-state index in [2.05, 4.69) is 20.3 Å². The molecule has 0 spiro atoms. The second-order valence-corrected chi connectivity index (χ2v) is 10.5. The number of hydrogen-bond acceptors (Lipinski definition) is 8. The summed E-state index contributed by atoms with van der Waals surface area (Å²) in [6.07, 6.45) is 5.17. The average Bonchev–Trinajstić information content (AvgIpc) is 3.49. The third-order valence-corrected chi connectivity index (χ3v) is 7.97. The van der Waals surface area contributed by atoms with Crippen LogP contribution in [0.2, 0.25) is 0 Å². The van der Waals surface area contributed by atoms with Gasteiger partial charge in [-0.3, -0.25) is 4.79 Å². The first-order valence-electron chi connectivity index (χ1n) is 11.6. The van der Waals surface area contributed by atoms with Crippen molar-refractivity contribution < 1.29 is 18.3 Å². The van der Waals surface area contributed by atoms with Gasteiger partial charge >= 0.3 is 0 Å². The molecule has 0 unspecified atom stereocenters. The van der Waals surface area contributed by atoms with Gasteiger partial charge in [0.15, 0.2) is 11.6 Å². The first kappa shape index (κ1) is 24.3. The minimum Gasteiger partial charge on any atom is -0.493 e. The van der Waals surface area contributed by atoms with E-state index in [0.29, 0.717) is 36.6 Å². The van der Waals surface area contributed by atoms with E-state index in [-0.39, 0.29) is 35.4 Å². The van der Waals surface area contributed by atoms with Gasteiger partial charge < -0.3 is 14.8 Å². The predicted octanol–water partition coefficient (Wildman–Crippen LogP) is 1.93. The van der Waals surface area contributed by atoms with E-state index < -0.39 is 15.6 Å². The lowest BCUT2D eigenvalue weighted by atomic mass is 10.1. The maximum absolute atomic E-state index is 13.2. The van der Waals surface area contributed by atoms with Gasteiger partial charge in [0.05, 0.1) is 17.1 Å². The number of sulfonamides is 1. The van der Waals surface area contributed by atoms with Crippen molar-refractivity contribution in [3.63, 3.8) is 0 Å². The van der Waals surface area contributed by atoms with Crippen LogP contribution in [0.3, 0.4) is 0 Å². The van der Waals surface area contributed by atoms with Crippen molar-refractivity contribution in [3.8, 4) is 17.1 Å². The van der Waals surface area contributed by atoms with Crippen LogP contribution < -0.4 is 10.3 Å². The van der Waals surface area contributed by atoms with Crippen LogP contribution in [-0.4, -0.2) is 69.4 Å². The van der Waals surface area contributed by atoms with Crippen molar-refractivity contribution in [2.75, 3.05) is 26.8 Å². The number of hydrogen-bond donors (Lipinski definition) is 2. The molecule has 0 saturated heterocycles. The molecule has 1 saturated carbocycles. The van der Waals surface area contributed by atoms with Crippen molar-refractivity contribution in [2.24, 2.45) is 0 Å². The van der Waals surface area contributed by atoms with E-state index in [9.17, 15) is 13.2 Å². The van der Waals surface area contributed by atoms with Crippen LogP contribution in [0.25, 0.3) is 17.0 Å². The standard InChI is InChI=1S/C22H30N6O5S/c1-3-33-18-11-10-16(34(31,32)27(2)12-6-7-13-29)14-17(18)19-23-22(30)21-25-24-20(28(21)26-19)15-8-4-5-9-15/h10-11,14-15,29H,3-9,12-13H2,1-2H3,(H,23,26,30). The van der Waals surface area contributed by atoms with Crippen molar-refractivity contribution in [1.29, 1.82) is 0 Å². The minimum absolute atomic E-state index is 0.00848. The molecule has 3 aromatic rings. The van der Waals surface area contributed by atoms with Gasteiger partial charge in [-0.2, -0.15) is 4.52 Å². The summed E-state index contributed by atoms with van der Waals surface area (Å²) in [5.41, 5.74) is 0.00587. The van der Waals surface area contributed by atoms with Crippen molar-refractivity contribution in [3.05, 3.63) is 34.4 Å². The van der Waals surface area contributed by atoms with Crippen LogP contribution in [-0.2, 0) is 10.0 Å². The number of aliphatic hydroxyl groups is 1. The van der Waals surface area contributed by atoms with Crippen LogP contribution in [0.15, 0.2) is 27.9 Å². The Kier molecular flexibility index (Phi) is 7.29.